The van der Waals surface area contributed by atoms with Gasteiger partial charge in [0, 0.05) is 25.3 Å². The monoisotopic (exact) mass is 292 g/mol. The predicted molar refractivity (Wildman–Crippen MR) is 76.2 cm³/mol. The summed E-state index contributed by atoms with van der Waals surface area (Å²) >= 11 is 0. The number of benzene rings is 1. The van der Waals surface area contributed by atoms with Crippen LogP contribution in [0.5, 0.6) is 0 Å². The first kappa shape index (κ1) is 13.2. The lowest BCUT2D eigenvalue weighted by Crippen LogP contribution is -2.46. The number of para-hydroxylation sites is 1. The number of nitrogens with one attached hydrogen (secondary N) is 1. The molecule has 5 nitrogen and oxygen atoms in total. The maximum Gasteiger partial charge on any atom is 0.274 e. The summed E-state index contributed by atoms with van der Waals surface area (Å²) in [7, 11) is -1.62. The molecule has 0 aliphatic carbocycles. The standard InChI is InChI=1S/C14H16N2O3S/c1-16-10-12(9-11-5-2-3-6-13(11)16)15-20(17,18)14-7-4-8-19-14/h2-8,12,15H,9-10H2,1H3. The molecule has 2 heterocycles. The van der Waals surface area contributed by atoms with Gasteiger partial charge in [-0.15, -0.1) is 0 Å². The maximum atomic E-state index is 12.2. The van der Waals surface area contributed by atoms with Gasteiger partial charge in [-0.3, -0.25) is 0 Å². The molecule has 1 aliphatic heterocycles. The summed E-state index contributed by atoms with van der Waals surface area (Å²) in [5.74, 6) is 0. The molecule has 0 spiro atoms. The van der Waals surface area contributed by atoms with Crippen LogP contribution in [0.15, 0.2) is 52.2 Å². The van der Waals surface area contributed by atoms with E-state index in [0.29, 0.717) is 13.0 Å². The van der Waals surface area contributed by atoms with Gasteiger partial charge in [0.1, 0.15) is 0 Å². The first-order valence-corrected chi connectivity index (χ1v) is 7.89. The Bertz CT molecular complexity index is 695. The average molecular weight is 292 g/mol. The Balaban J connectivity index is 1.81. The quantitative estimate of drug-likeness (QED) is 0.934. The Kier molecular flexibility index (Phi) is 3.27. The van der Waals surface area contributed by atoms with E-state index in [1.165, 1.54) is 12.3 Å². The van der Waals surface area contributed by atoms with Crippen molar-refractivity contribution in [2.45, 2.75) is 17.6 Å². The minimum atomic E-state index is -3.59. The number of likely N-dealkylation sites (N-methyl/N-ethyl adjacent to an activating group) is 1. The molecule has 1 aromatic carbocycles. The van der Waals surface area contributed by atoms with E-state index in [1.807, 2.05) is 31.3 Å². The van der Waals surface area contributed by atoms with Gasteiger partial charge < -0.3 is 9.32 Å². The number of nitrogens with zero attached hydrogens (tertiary/aromatic N) is 1. The lowest BCUT2D eigenvalue weighted by Gasteiger charge is -2.33. The number of sulfonamides is 1. The second kappa shape index (κ2) is 4.96. The minimum absolute atomic E-state index is 0.0426. The van der Waals surface area contributed by atoms with Crippen LogP contribution in [0.3, 0.4) is 0 Å². The molecule has 0 fully saturated rings. The van der Waals surface area contributed by atoms with Crippen molar-refractivity contribution in [3.8, 4) is 0 Å². The van der Waals surface area contributed by atoms with Crippen molar-refractivity contribution >= 4 is 15.7 Å². The fourth-order valence-corrected chi connectivity index (χ4v) is 3.74. The van der Waals surface area contributed by atoms with E-state index in [0.717, 1.165) is 11.3 Å². The topological polar surface area (TPSA) is 62.6 Å². The smallest absolute Gasteiger partial charge is 0.274 e. The van der Waals surface area contributed by atoms with Gasteiger partial charge in [-0.25, -0.2) is 13.1 Å². The van der Waals surface area contributed by atoms with Crippen LogP contribution in [0.1, 0.15) is 5.56 Å². The van der Waals surface area contributed by atoms with Gasteiger partial charge >= 0.3 is 0 Å². The fourth-order valence-electron chi connectivity index (χ4n) is 2.59. The zero-order chi connectivity index (χ0) is 14.2. The maximum absolute atomic E-state index is 12.2. The largest absolute Gasteiger partial charge is 0.452 e. The summed E-state index contributed by atoms with van der Waals surface area (Å²) in [5, 5.41) is -0.0426. The molecule has 106 valence electrons. The molecule has 0 bridgehead atoms. The zero-order valence-electron chi connectivity index (χ0n) is 11.1. The lowest BCUT2D eigenvalue weighted by atomic mass is 9.99. The number of fused-ring (bicyclic) bond motifs is 1. The van der Waals surface area contributed by atoms with Gasteiger partial charge in [0.2, 0.25) is 5.09 Å². The van der Waals surface area contributed by atoms with Crippen molar-refractivity contribution in [1.82, 2.24) is 4.72 Å². The number of hydrogen-bond acceptors (Lipinski definition) is 4. The number of hydrogen-bond donors (Lipinski definition) is 1. The summed E-state index contributed by atoms with van der Waals surface area (Å²) in [6.07, 6.45) is 2.04. The molecular weight excluding hydrogens is 276 g/mol. The molecule has 0 amide bonds. The third kappa shape index (κ3) is 2.44. The van der Waals surface area contributed by atoms with Gasteiger partial charge in [-0.05, 0) is 30.2 Å². The predicted octanol–water partition coefficient (Wildman–Crippen LogP) is 1.62. The van der Waals surface area contributed by atoms with E-state index in [1.54, 1.807) is 6.07 Å². The molecule has 6 heteroatoms. The van der Waals surface area contributed by atoms with Crippen molar-refractivity contribution in [3.63, 3.8) is 0 Å². The Morgan fingerprint density at radius 3 is 2.80 bits per heavy atom. The second-order valence-corrected chi connectivity index (χ2v) is 6.61. The van der Waals surface area contributed by atoms with Gasteiger partial charge in [0.15, 0.2) is 0 Å². The van der Waals surface area contributed by atoms with Gasteiger partial charge in [0.25, 0.3) is 10.0 Å². The summed E-state index contributed by atoms with van der Waals surface area (Å²) in [6.45, 7) is 0.636. The Labute approximate surface area is 118 Å². The Morgan fingerprint density at radius 2 is 2.05 bits per heavy atom. The third-order valence-corrected chi connectivity index (χ3v) is 4.85. The highest BCUT2D eigenvalue weighted by Gasteiger charge is 2.27. The van der Waals surface area contributed by atoms with Crippen LogP contribution in [0.4, 0.5) is 5.69 Å². The fraction of sp³-hybridized carbons (Fsp3) is 0.286. The van der Waals surface area contributed by atoms with Gasteiger partial charge in [0.05, 0.1) is 6.26 Å². The third-order valence-electron chi connectivity index (χ3n) is 3.45. The first-order chi connectivity index (χ1) is 9.56. The molecule has 1 aromatic heterocycles. The Hall–Kier alpha value is -1.79. The molecule has 3 rings (SSSR count). The molecule has 1 unspecified atom stereocenters. The molecule has 0 saturated heterocycles. The molecule has 1 N–H and O–H groups in total. The van der Waals surface area contributed by atoms with Crippen molar-refractivity contribution in [2.24, 2.45) is 0 Å². The molecule has 1 aliphatic rings. The summed E-state index contributed by atoms with van der Waals surface area (Å²) in [4.78, 5) is 2.06. The Morgan fingerprint density at radius 1 is 1.25 bits per heavy atom. The van der Waals surface area contributed by atoms with E-state index >= 15 is 0 Å². The average Bonchev–Trinajstić information content (AvgIpc) is 2.93. The van der Waals surface area contributed by atoms with E-state index in [-0.39, 0.29) is 11.1 Å². The highest BCUT2D eigenvalue weighted by Crippen LogP contribution is 2.26. The summed E-state index contributed by atoms with van der Waals surface area (Å²) in [6, 6.07) is 10.9. The number of anilines is 1. The second-order valence-electron chi connectivity index (χ2n) is 4.96. The minimum Gasteiger partial charge on any atom is -0.452 e. The molecule has 2 aromatic rings. The van der Waals surface area contributed by atoms with E-state index in [9.17, 15) is 8.42 Å². The van der Waals surface area contributed by atoms with Crippen molar-refractivity contribution in [1.29, 1.82) is 0 Å². The van der Waals surface area contributed by atoms with Crippen LogP contribution in [-0.2, 0) is 16.4 Å². The van der Waals surface area contributed by atoms with Crippen LogP contribution < -0.4 is 9.62 Å². The van der Waals surface area contributed by atoms with Gasteiger partial charge in [-0.2, -0.15) is 0 Å². The van der Waals surface area contributed by atoms with Crippen LogP contribution in [0, 0.1) is 0 Å². The van der Waals surface area contributed by atoms with Crippen molar-refractivity contribution in [3.05, 3.63) is 48.2 Å². The molecule has 0 radical (unpaired) electrons. The lowest BCUT2D eigenvalue weighted by molar-refractivity contribution is 0.439. The van der Waals surface area contributed by atoms with Gasteiger partial charge in [-0.1, -0.05) is 18.2 Å². The van der Waals surface area contributed by atoms with Crippen molar-refractivity contribution < 1.29 is 12.8 Å². The number of furan rings is 1. The van der Waals surface area contributed by atoms with Crippen LogP contribution >= 0.6 is 0 Å². The molecule has 20 heavy (non-hydrogen) atoms. The van der Waals surface area contributed by atoms with E-state index < -0.39 is 10.0 Å². The molecule has 0 saturated carbocycles. The van der Waals surface area contributed by atoms with Crippen LogP contribution in [0.25, 0.3) is 0 Å². The molecular formula is C14H16N2O3S. The normalized spacial score (nSPS) is 18.9. The number of rotatable bonds is 3. The van der Waals surface area contributed by atoms with Crippen molar-refractivity contribution in [2.75, 3.05) is 18.5 Å². The van der Waals surface area contributed by atoms with E-state index in [2.05, 4.69) is 9.62 Å². The van der Waals surface area contributed by atoms with E-state index in [4.69, 9.17) is 4.42 Å². The zero-order valence-corrected chi connectivity index (χ0v) is 11.9. The summed E-state index contributed by atoms with van der Waals surface area (Å²) < 4.78 is 32.0. The molecule has 1 atom stereocenters. The van der Waals surface area contributed by atoms with Crippen LogP contribution in [0.2, 0.25) is 0 Å². The first-order valence-electron chi connectivity index (χ1n) is 6.41. The van der Waals surface area contributed by atoms with Crippen LogP contribution in [-0.4, -0.2) is 28.1 Å². The highest BCUT2D eigenvalue weighted by molar-refractivity contribution is 7.89. The SMILES string of the molecule is CN1CC(NS(=O)(=O)c2ccco2)Cc2ccccc21. The highest BCUT2D eigenvalue weighted by atomic mass is 32.2. The summed E-state index contributed by atoms with van der Waals surface area (Å²) in [5.41, 5.74) is 2.30.